The van der Waals surface area contributed by atoms with Gasteiger partial charge in [0, 0.05) is 24.2 Å². The number of thiazole rings is 1. The topological polar surface area (TPSA) is 25.4 Å². The maximum absolute atomic E-state index is 12.4. The Morgan fingerprint density at radius 2 is 2.64 bits per heavy atom. The van der Waals surface area contributed by atoms with Gasteiger partial charge in [0.1, 0.15) is 12.8 Å². The zero-order chi connectivity index (χ0) is 9.97. The van der Waals surface area contributed by atoms with Crippen molar-refractivity contribution in [2.45, 2.75) is 13.0 Å². The van der Waals surface area contributed by atoms with Crippen LogP contribution in [0.1, 0.15) is 4.88 Å². The number of hydrogen-bond acceptors (Lipinski definition) is 4. The molecule has 1 fully saturated rings. The SMILES string of the molecule is Cc1cnc(N2CCO[C@H](CF)C2)s1. The molecule has 0 aromatic carbocycles. The van der Waals surface area contributed by atoms with Crippen LogP contribution in [0.4, 0.5) is 9.52 Å². The monoisotopic (exact) mass is 216 g/mol. The van der Waals surface area contributed by atoms with Crippen molar-refractivity contribution in [1.29, 1.82) is 0 Å². The maximum Gasteiger partial charge on any atom is 0.185 e. The number of alkyl halides is 1. The quantitative estimate of drug-likeness (QED) is 0.751. The Balaban J connectivity index is 2.04. The van der Waals surface area contributed by atoms with E-state index in [1.165, 1.54) is 4.88 Å². The zero-order valence-corrected chi connectivity index (χ0v) is 8.89. The van der Waals surface area contributed by atoms with E-state index in [0.717, 1.165) is 11.7 Å². The molecule has 0 saturated carbocycles. The fourth-order valence-electron chi connectivity index (χ4n) is 1.48. The summed E-state index contributed by atoms with van der Waals surface area (Å²) in [4.78, 5) is 7.55. The molecule has 0 aliphatic carbocycles. The Hall–Kier alpha value is -0.680. The Morgan fingerprint density at radius 1 is 1.79 bits per heavy atom. The second-order valence-electron chi connectivity index (χ2n) is 3.35. The fraction of sp³-hybridized carbons (Fsp3) is 0.667. The second kappa shape index (κ2) is 4.23. The van der Waals surface area contributed by atoms with Crippen molar-refractivity contribution in [1.82, 2.24) is 4.98 Å². The minimum absolute atomic E-state index is 0.284. The molecular formula is C9H13FN2OS. The highest BCUT2D eigenvalue weighted by Gasteiger charge is 2.21. The van der Waals surface area contributed by atoms with Crippen LogP contribution in [0.25, 0.3) is 0 Å². The number of aryl methyl sites for hydroxylation is 1. The smallest absolute Gasteiger partial charge is 0.185 e. The van der Waals surface area contributed by atoms with Gasteiger partial charge in [0.15, 0.2) is 5.13 Å². The summed E-state index contributed by atoms with van der Waals surface area (Å²) in [6, 6.07) is 0. The van der Waals surface area contributed by atoms with Gasteiger partial charge >= 0.3 is 0 Å². The van der Waals surface area contributed by atoms with E-state index >= 15 is 0 Å². The average molecular weight is 216 g/mol. The first-order valence-corrected chi connectivity index (χ1v) is 5.46. The van der Waals surface area contributed by atoms with Crippen molar-refractivity contribution in [3.63, 3.8) is 0 Å². The van der Waals surface area contributed by atoms with E-state index in [2.05, 4.69) is 9.88 Å². The van der Waals surface area contributed by atoms with Crippen molar-refractivity contribution in [2.24, 2.45) is 0 Å². The van der Waals surface area contributed by atoms with Crippen molar-refractivity contribution < 1.29 is 9.13 Å². The Bertz CT molecular complexity index is 305. The van der Waals surface area contributed by atoms with E-state index in [9.17, 15) is 4.39 Å². The molecule has 5 heteroatoms. The van der Waals surface area contributed by atoms with E-state index in [4.69, 9.17) is 4.74 Å². The van der Waals surface area contributed by atoms with Crippen LogP contribution in [0.15, 0.2) is 6.20 Å². The standard InChI is InChI=1S/C9H13FN2OS/c1-7-5-11-9(14-7)12-2-3-13-8(4-10)6-12/h5,8H,2-4,6H2,1H3/t8-/m1/s1. The Labute approximate surface area is 86.5 Å². The largest absolute Gasteiger partial charge is 0.372 e. The molecule has 2 heterocycles. The van der Waals surface area contributed by atoms with Crippen molar-refractivity contribution >= 4 is 16.5 Å². The molecule has 1 aliphatic rings. The fourth-order valence-corrected chi connectivity index (χ4v) is 2.27. The molecule has 1 aliphatic heterocycles. The first kappa shape index (κ1) is 9.86. The number of ether oxygens (including phenoxy) is 1. The van der Waals surface area contributed by atoms with Crippen LogP contribution in [0.2, 0.25) is 0 Å². The van der Waals surface area contributed by atoms with E-state index in [1.54, 1.807) is 11.3 Å². The van der Waals surface area contributed by atoms with Crippen LogP contribution >= 0.6 is 11.3 Å². The third-order valence-electron chi connectivity index (χ3n) is 2.19. The summed E-state index contributed by atoms with van der Waals surface area (Å²) in [7, 11) is 0. The minimum Gasteiger partial charge on any atom is -0.372 e. The maximum atomic E-state index is 12.4. The highest BCUT2D eigenvalue weighted by Crippen LogP contribution is 2.23. The number of anilines is 1. The van der Waals surface area contributed by atoms with Crippen molar-refractivity contribution in [3.8, 4) is 0 Å². The number of morpholine rings is 1. The molecule has 78 valence electrons. The predicted octanol–water partition coefficient (Wildman–Crippen LogP) is 1.63. The van der Waals surface area contributed by atoms with Gasteiger partial charge in [0.25, 0.3) is 0 Å². The first-order chi connectivity index (χ1) is 6.79. The molecule has 3 nitrogen and oxygen atoms in total. The normalized spacial score (nSPS) is 22.7. The third kappa shape index (κ3) is 2.04. The molecule has 1 aromatic rings. The first-order valence-electron chi connectivity index (χ1n) is 4.64. The number of nitrogens with zero attached hydrogens (tertiary/aromatic N) is 2. The lowest BCUT2D eigenvalue weighted by atomic mass is 10.3. The van der Waals surface area contributed by atoms with Crippen LogP contribution in [-0.2, 0) is 4.74 Å². The van der Waals surface area contributed by atoms with Gasteiger partial charge in [-0.1, -0.05) is 0 Å². The molecule has 0 unspecified atom stereocenters. The van der Waals surface area contributed by atoms with Gasteiger partial charge in [0.2, 0.25) is 0 Å². The van der Waals surface area contributed by atoms with Crippen molar-refractivity contribution in [3.05, 3.63) is 11.1 Å². The van der Waals surface area contributed by atoms with E-state index in [-0.39, 0.29) is 6.10 Å². The van der Waals surface area contributed by atoms with Gasteiger partial charge in [0.05, 0.1) is 6.61 Å². The van der Waals surface area contributed by atoms with Crippen LogP contribution < -0.4 is 4.90 Å². The summed E-state index contributed by atoms with van der Waals surface area (Å²) in [6.45, 7) is 3.62. The average Bonchev–Trinajstić information content (AvgIpc) is 2.65. The number of rotatable bonds is 2. The van der Waals surface area contributed by atoms with Crippen molar-refractivity contribution in [2.75, 3.05) is 31.3 Å². The van der Waals surface area contributed by atoms with Gasteiger partial charge in [-0.3, -0.25) is 0 Å². The molecular weight excluding hydrogens is 203 g/mol. The van der Waals surface area contributed by atoms with Gasteiger partial charge in [-0.2, -0.15) is 0 Å². The molecule has 1 saturated heterocycles. The molecule has 0 bridgehead atoms. The highest BCUT2D eigenvalue weighted by atomic mass is 32.1. The van der Waals surface area contributed by atoms with E-state index in [0.29, 0.717) is 13.2 Å². The third-order valence-corrected chi connectivity index (χ3v) is 3.16. The van der Waals surface area contributed by atoms with E-state index in [1.807, 2.05) is 13.1 Å². The highest BCUT2D eigenvalue weighted by molar-refractivity contribution is 7.15. The predicted molar refractivity (Wildman–Crippen MR) is 54.8 cm³/mol. The van der Waals surface area contributed by atoms with Gasteiger partial charge in [-0.15, -0.1) is 11.3 Å². The second-order valence-corrected chi connectivity index (χ2v) is 4.56. The minimum atomic E-state index is -0.416. The molecule has 0 spiro atoms. The summed E-state index contributed by atoms with van der Waals surface area (Å²) in [5, 5.41) is 0.976. The zero-order valence-electron chi connectivity index (χ0n) is 8.07. The van der Waals surface area contributed by atoms with Gasteiger partial charge < -0.3 is 9.64 Å². The summed E-state index contributed by atoms with van der Waals surface area (Å²) in [5.41, 5.74) is 0. The van der Waals surface area contributed by atoms with Crippen LogP contribution in [0.3, 0.4) is 0 Å². The lowest BCUT2D eigenvalue weighted by Gasteiger charge is -2.31. The summed E-state index contributed by atoms with van der Waals surface area (Å²) in [6.07, 6.45) is 1.56. The lowest BCUT2D eigenvalue weighted by molar-refractivity contribution is 0.0247. The molecule has 1 atom stereocenters. The molecule has 0 radical (unpaired) electrons. The Kier molecular flexibility index (Phi) is 2.98. The molecule has 1 aromatic heterocycles. The van der Waals surface area contributed by atoms with Crippen LogP contribution in [0.5, 0.6) is 0 Å². The number of aromatic nitrogens is 1. The molecule has 2 rings (SSSR count). The van der Waals surface area contributed by atoms with Gasteiger partial charge in [-0.25, -0.2) is 9.37 Å². The van der Waals surface area contributed by atoms with Crippen LogP contribution in [0, 0.1) is 6.92 Å². The molecule has 0 N–H and O–H groups in total. The van der Waals surface area contributed by atoms with Crippen LogP contribution in [-0.4, -0.2) is 37.5 Å². The lowest BCUT2D eigenvalue weighted by Crippen LogP contribution is -2.43. The Morgan fingerprint density at radius 3 is 3.29 bits per heavy atom. The number of halogens is 1. The molecule has 0 amide bonds. The summed E-state index contributed by atoms with van der Waals surface area (Å²) < 4.78 is 17.7. The number of hydrogen-bond donors (Lipinski definition) is 0. The summed E-state index contributed by atoms with van der Waals surface area (Å²) in [5.74, 6) is 0. The van der Waals surface area contributed by atoms with E-state index < -0.39 is 6.67 Å². The van der Waals surface area contributed by atoms with Gasteiger partial charge in [-0.05, 0) is 6.92 Å². The summed E-state index contributed by atoms with van der Waals surface area (Å²) >= 11 is 1.64. The molecule has 14 heavy (non-hydrogen) atoms.